The molecule has 94 valence electrons. The van der Waals surface area contributed by atoms with Gasteiger partial charge in [0.15, 0.2) is 0 Å². The van der Waals surface area contributed by atoms with Gasteiger partial charge in [-0.2, -0.15) is 0 Å². The van der Waals surface area contributed by atoms with E-state index >= 15 is 0 Å². The maximum absolute atomic E-state index is 11.2. The van der Waals surface area contributed by atoms with Crippen LogP contribution in [0, 0.1) is 0 Å². The molecular formula is C12H25N3O. The molecule has 0 bridgehead atoms. The lowest BCUT2D eigenvalue weighted by atomic mass is 9.91. The number of hydrogen-bond acceptors (Lipinski definition) is 3. The summed E-state index contributed by atoms with van der Waals surface area (Å²) >= 11 is 0. The molecule has 0 aromatic rings. The number of carbonyl (C=O) groups excluding carboxylic acids is 1. The summed E-state index contributed by atoms with van der Waals surface area (Å²) in [5, 5.41) is 0. The molecule has 1 fully saturated rings. The van der Waals surface area contributed by atoms with E-state index in [9.17, 15) is 4.79 Å². The predicted molar refractivity (Wildman–Crippen MR) is 65.9 cm³/mol. The standard InChI is InChI=1S/C12H25N3O/c1-9(8-12(4,14)10(13)16)15-7-5-6-11(15,2)3/h9H,5-8,14H2,1-4H3,(H2,13,16). The van der Waals surface area contributed by atoms with E-state index < -0.39 is 11.4 Å². The molecule has 0 aliphatic carbocycles. The van der Waals surface area contributed by atoms with Crippen molar-refractivity contribution in [2.75, 3.05) is 6.54 Å². The molecule has 4 heteroatoms. The molecule has 1 saturated heterocycles. The van der Waals surface area contributed by atoms with E-state index in [0.717, 1.165) is 6.54 Å². The highest BCUT2D eigenvalue weighted by atomic mass is 16.1. The van der Waals surface area contributed by atoms with Crippen LogP contribution < -0.4 is 11.5 Å². The van der Waals surface area contributed by atoms with Gasteiger partial charge in [0.2, 0.25) is 5.91 Å². The number of rotatable bonds is 4. The van der Waals surface area contributed by atoms with Crippen molar-refractivity contribution >= 4 is 5.91 Å². The van der Waals surface area contributed by atoms with Gasteiger partial charge in [-0.1, -0.05) is 0 Å². The highest BCUT2D eigenvalue weighted by Gasteiger charge is 2.38. The Bertz CT molecular complexity index is 273. The minimum absolute atomic E-state index is 0.215. The van der Waals surface area contributed by atoms with Crippen LogP contribution in [0.15, 0.2) is 0 Å². The average Bonchev–Trinajstić information content (AvgIpc) is 2.43. The second-order valence-corrected chi connectivity index (χ2v) is 5.94. The van der Waals surface area contributed by atoms with Gasteiger partial charge in [-0.15, -0.1) is 0 Å². The molecule has 2 unspecified atom stereocenters. The molecule has 1 rings (SSSR count). The third-order valence-corrected chi connectivity index (χ3v) is 3.78. The molecule has 2 atom stereocenters. The fraction of sp³-hybridized carbons (Fsp3) is 0.917. The Balaban J connectivity index is 2.66. The van der Waals surface area contributed by atoms with Gasteiger partial charge in [0.1, 0.15) is 0 Å². The lowest BCUT2D eigenvalue weighted by molar-refractivity contribution is -0.123. The molecule has 0 saturated carbocycles. The van der Waals surface area contributed by atoms with Crippen molar-refractivity contribution in [2.24, 2.45) is 11.5 Å². The van der Waals surface area contributed by atoms with Crippen molar-refractivity contribution in [1.29, 1.82) is 0 Å². The average molecular weight is 227 g/mol. The molecule has 1 amide bonds. The molecule has 0 aromatic carbocycles. The van der Waals surface area contributed by atoms with Crippen molar-refractivity contribution in [3.05, 3.63) is 0 Å². The quantitative estimate of drug-likeness (QED) is 0.747. The number of amides is 1. The van der Waals surface area contributed by atoms with Gasteiger partial charge in [0, 0.05) is 11.6 Å². The van der Waals surface area contributed by atoms with E-state index in [2.05, 4.69) is 25.7 Å². The van der Waals surface area contributed by atoms with Crippen molar-refractivity contribution in [3.8, 4) is 0 Å². The van der Waals surface area contributed by atoms with Gasteiger partial charge in [0.25, 0.3) is 0 Å². The van der Waals surface area contributed by atoms with E-state index in [-0.39, 0.29) is 5.54 Å². The van der Waals surface area contributed by atoms with Crippen LogP contribution in [0.25, 0.3) is 0 Å². The summed E-state index contributed by atoms with van der Waals surface area (Å²) in [6, 6.07) is 0.292. The van der Waals surface area contributed by atoms with Gasteiger partial charge in [-0.25, -0.2) is 0 Å². The molecule has 0 radical (unpaired) electrons. The van der Waals surface area contributed by atoms with Crippen LogP contribution in [0.2, 0.25) is 0 Å². The maximum Gasteiger partial charge on any atom is 0.237 e. The van der Waals surface area contributed by atoms with Crippen LogP contribution in [0.1, 0.15) is 47.0 Å². The minimum atomic E-state index is -0.905. The zero-order valence-electron chi connectivity index (χ0n) is 10.9. The summed E-state index contributed by atoms with van der Waals surface area (Å²) in [4.78, 5) is 13.6. The Hall–Kier alpha value is -0.610. The highest BCUT2D eigenvalue weighted by Crippen LogP contribution is 2.32. The van der Waals surface area contributed by atoms with Crippen LogP contribution in [0.4, 0.5) is 0 Å². The Morgan fingerprint density at radius 2 is 2.12 bits per heavy atom. The van der Waals surface area contributed by atoms with Crippen molar-refractivity contribution < 1.29 is 4.79 Å². The van der Waals surface area contributed by atoms with Gasteiger partial charge in [-0.05, 0) is 53.5 Å². The van der Waals surface area contributed by atoms with Crippen molar-refractivity contribution in [2.45, 2.75) is 64.1 Å². The maximum atomic E-state index is 11.2. The summed E-state index contributed by atoms with van der Waals surface area (Å²) in [6.45, 7) is 9.42. The lowest BCUT2D eigenvalue weighted by Gasteiger charge is -2.39. The van der Waals surface area contributed by atoms with Gasteiger partial charge in [-0.3, -0.25) is 9.69 Å². The number of carbonyl (C=O) groups is 1. The van der Waals surface area contributed by atoms with Crippen molar-refractivity contribution in [3.63, 3.8) is 0 Å². The normalized spacial score (nSPS) is 26.3. The highest BCUT2D eigenvalue weighted by molar-refractivity contribution is 5.83. The van der Waals surface area contributed by atoms with E-state index in [4.69, 9.17) is 11.5 Å². The fourth-order valence-electron chi connectivity index (χ4n) is 2.77. The zero-order valence-corrected chi connectivity index (χ0v) is 10.9. The summed E-state index contributed by atoms with van der Waals surface area (Å²) in [7, 11) is 0. The Kier molecular flexibility index (Phi) is 3.65. The van der Waals surface area contributed by atoms with Gasteiger partial charge < -0.3 is 11.5 Å². The Morgan fingerprint density at radius 3 is 2.50 bits per heavy atom. The third kappa shape index (κ3) is 2.74. The number of likely N-dealkylation sites (tertiary alicyclic amines) is 1. The minimum Gasteiger partial charge on any atom is -0.368 e. The summed E-state index contributed by atoms with van der Waals surface area (Å²) < 4.78 is 0. The van der Waals surface area contributed by atoms with Crippen LogP contribution in [-0.4, -0.2) is 34.5 Å². The number of primary amides is 1. The first-order chi connectivity index (χ1) is 7.17. The second-order valence-electron chi connectivity index (χ2n) is 5.94. The molecule has 16 heavy (non-hydrogen) atoms. The number of nitrogens with zero attached hydrogens (tertiary/aromatic N) is 1. The Morgan fingerprint density at radius 1 is 1.56 bits per heavy atom. The summed E-state index contributed by atoms with van der Waals surface area (Å²) in [6.07, 6.45) is 3.04. The molecule has 4 N–H and O–H groups in total. The molecule has 1 heterocycles. The van der Waals surface area contributed by atoms with Crippen LogP contribution >= 0.6 is 0 Å². The SMILES string of the molecule is CC(CC(C)(N)C(N)=O)N1CCCC1(C)C. The zero-order chi connectivity index (χ0) is 12.6. The molecule has 1 aliphatic heterocycles. The van der Waals surface area contributed by atoms with E-state index in [1.807, 2.05) is 0 Å². The molecule has 4 nitrogen and oxygen atoms in total. The predicted octanol–water partition coefficient (Wildman–Crippen LogP) is 0.842. The monoisotopic (exact) mass is 227 g/mol. The number of hydrogen-bond donors (Lipinski definition) is 2. The van der Waals surface area contributed by atoms with Crippen LogP contribution in [-0.2, 0) is 4.79 Å². The largest absolute Gasteiger partial charge is 0.368 e. The van der Waals surface area contributed by atoms with Gasteiger partial charge in [0.05, 0.1) is 5.54 Å². The molecule has 0 aromatic heterocycles. The van der Waals surface area contributed by atoms with Crippen LogP contribution in [0.5, 0.6) is 0 Å². The summed E-state index contributed by atoms with van der Waals surface area (Å²) in [5.41, 5.74) is 10.5. The van der Waals surface area contributed by atoms with Crippen LogP contribution in [0.3, 0.4) is 0 Å². The van der Waals surface area contributed by atoms with E-state index in [0.29, 0.717) is 12.5 Å². The first-order valence-electron chi connectivity index (χ1n) is 6.02. The number of nitrogens with two attached hydrogens (primary N) is 2. The molecular weight excluding hydrogens is 202 g/mol. The topological polar surface area (TPSA) is 72.3 Å². The first-order valence-corrected chi connectivity index (χ1v) is 6.02. The smallest absolute Gasteiger partial charge is 0.237 e. The third-order valence-electron chi connectivity index (χ3n) is 3.78. The lowest BCUT2D eigenvalue weighted by Crippen LogP contribution is -2.55. The van der Waals surface area contributed by atoms with E-state index in [1.165, 1.54) is 12.8 Å². The second kappa shape index (κ2) is 4.34. The molecule has 1 aliphatic rings. The van der Waals surface area contributed by atoms with Gasteiger partial charge >= 0.3 is 0 Å². The Labute approximate surface area is 98.3 Å². The van der Waals surface area contributed by atoms with E-state index in [1.54, 1.807) is 6.92 Å². The molecule has 0 spiro atoms. The summed E-state index contributed by atoms with van der Waals surface area (Å²) in [5.74, 6) is -0.420. The van der Waals surface area contributed by atoms with Crippen molar-refractivity contribution in [1.82, 2.24) is 4.90 Å². The fourth-order valence-corrected chi connectivity index (χ4v) is 2.77. The first kappa shape index (κ1) is 13.5.